The van der Waals surface area contributed by atoms with Crippen LogP contribution in [0.15, 0.2) is 127 Å². The average molecular weight is 626 g/mol. The van der Waals surface area contributed by atoms with Gasteiger partial charge in [-0.05, 0) is 83.0 Å². The highest BCUT2D eigenvalue weighted by Crippen LogP contribution is 2.40. The fourth-order valence-corrected chi connectivity index (χ4v) is 7.84. The maximum Gasteiger partial charge on any atom is 0.164 e. The molecular weight excluding hydrogens is 583 g/mol. The van der Waals surface area contributed by atoms with Crippen LogP contribution in [0.2, 0.25) is 0 Å². The Morgan fingerprint density at radius 3 is 1.17 bits per heavy atom. The van der Waals surface area contributed by atoms with Crippen LogP contribution >= 0.6 is 0 Å². The van der Waals surface area contributed by atoms with E-state index in [0.29, 0.717) is 29.3 Å². The molecule has 2 fully saturated rings. The van der Waals surface area contributed by atoms with Gasteiger partial charge in [0, 0.05) is 16.7 Å². The largest absolute Gasteiger partial charge is 0.208 e. The number of benzene rings is 5. The molecule has 2 saturated carbocycles. The first-order valence-corrected chi connectivity index (χ1v) is 18.0. The zero-order valence-corrected chi connectivity index (χ0v) is 27.7. The van der Waals surface area contributed by atoms with Crippen LogP contribution < -0.4 is 0 Å². The average Bonchev–Trinajstić information content (AvgIpc) is 3.19. The highest BCUT2D eigenvalue weighted by atomic mass is 15.0. The van der Waals surface area contributed by atoms with Crippen LogP contribution in [0.5, 0.6) is 0 Å². The quantitative estimate of drug-likeness (QED) is 0.177. The predicted octanol–water partition coefficient (Wildman–Crippen LogP) is 12.3. The van der Waals surface area contributed by atoms with Crippen molar-refractivity contribution in [3.05, 3.63) is 139 Å². The number of hydrogen-bond acceptors (Lipinski definition) is 3. The number of nitrogens with zero attached hydrogens (tertiary/aromatic N) is 3. The van der Waals surface area contributed by atoms with Crippen molar-refractivity contribution < 1.29 is 0 Å². The van der Waals surface area contributed by atoms with E-state index in [2.05, 4.69) is 91.0 Å². The summed E-state index contributed by atoms with van der Waals surface area (Å²) in [5.74, 6) is 3.43. The van der Waals surface area contributed by atoms with Gasteiger partial charge < -0.3 is 0 Å². The minimum absolute atomic E-state index is 0.679. The third-order valence-electron chi connectivity index (χ3n) is 10.5. The van der Waals surface area contributed by atoms with Crippen molar-refractivity contribution in [3.8, 4) is 56.4 Å². The number of rotatable bonds is 7. The standard InChI is InChI=1S/C45H43N3/c1-5-15-32(16-6-1)40-29-41(33-17-7-2-8-18-33)31-42(30-40)38-25-13-23-36(27-38)37-24-14-26-39(28-37)45-47-43(34-19-9-3-10-20-34)46-44(48-45)35-21-11-4-12-22-35/h3-4,9-14,19-33H,1-2,5-8,15-18H2. The highest BCUT2D eigenvalue weighted by Gasteiger charge is 2.21. The van der Waals surface area contributed by atoms with Gasteiger partial charge in [0.25, 0.3) is 0 Å². The summed E-state index contributed by atoms with van der Waals surface area (Å²) in [4.78, 5) is 14.9. The minimum atomic E-state index is 0.679. The molecule has 0 radical (unpaired) electrons. The molecule has 1 aromatic heterocycles. The molecule has 5 aromatic carbocycles. The van der Waals surface area contributed by atoms with E-state index in [-0.39, 0.29) is 0 Å². The molecule has 0 atom stereocenters. The van der Waals surface area contributed by atoms with Crippen molar-refractivity contribution in [3.63, 3.8) is 0 Å². The van der Waals surface area contributed by atoms with Crippen LogP contribution in [0.3, 0.4) is 0 Å². The Morgan fingerprint density at radius 2 is 0.688 bits per heavy atom. The third kappa shape index (κ3) is 6.73. The van der Waals surface area contributed by atoms with Crippen LogP contribution in [-0.2, 0) is 0 Å². The van der Waals surface area contributed by atoms with Gasteiger partial charge in [-0.25, -0.2) is 15.0 Å². The molecule has 2 aliphatic carbocycles. The van der Waals surface area contributed by atoms with Gasteiger partial charge >= 0.3 is 0 Å². The van der Waals surface area contributed by atoms with Gasteiger partial charge in [-0.3, -0.25) is 0 Å². The van der Waals surface area contributed by atoms with Gasteiger partial charge in [-0.1, -0.05) is 154 Å². The van der Waals surface area contributed by atoms with Crippen molar-refractivity contribution >= 4 is 0 Å². The van der Waals surface area contributed by atoms with Crippen molar-refractivity contribution in [1.29, 1.82) is 0 Å². The van der Waals surface area contributed by atoms with E-state index >= 15 is 0 Å². The first-order valence-electron chi connectivity index (χ1n) is 18.0. The van der Waals surface area contributed by atoms with Crippen LogP contribution in [-0.4, -0.2) is 15.0 Å². The van der Waals surface area contributed by atoms with E-state index < -0.39 is 0 Å². The topological polar surface area (TPSA) is 38.7 Å². The Balaban J connectivity index is 1.17. The molecular formula is C45H43N3. The summed E-state index contributed by atoms with van der Waals surface area (Å²) in [6.45, 7) is 0. The molecule has 48 heavy (non-hydrogen) atoms. The van der Waals surface area contributed by atoms with E-state index in [1.165, 1.54) is 80.9 Å². The lowest BCUT2D eigenvalue weighted by Gasteiger charge is -2.27. The van der Waals surface area contributed by atoms with E-state index in [4.69, 9.17) is 15.0 Å². The molecule has 0 saturated heterocycles. The third-order valence-corrected chi connectivity index (χ3v) is 10.5. The lowest BCUT2D eigenvalue weighted by molar-refractivity contribution is 0.435. The Bertz CT molecular complexity index is 1890. The van der Waals surface area contributed by atoms with Gasteiger partial charge in [0.15, 0.2) is 17.5 Å². The number of aromatic nitrogens is 3. The molecule has 0 spiro atoms. The van der Waals surface area contributed by atoms with Gasteiger partial charge in [-0.2, -0.15) is 0 Å². The molecule has 2 aliphatic rings. The Morgan fingerprint density at radius 1 is 0.312 bits per heavy atom. The monoisotopic (exact) mass is 625 g/mol. The fourth-order valence-electron chi connectivity index (χ4n) is 7.84. The molecule has 8 rings (SSSR count). The zero-order valence-electron chi connectivity index (χ0n) is 27.7. The van der Waals surface area contributed by atoms with Gasteiger partial charge in [0.1, 0.15) is 0 Å². The number of hydrogen-bond donors (Lipinski definition) is 0. The van der Waals surface area contributed by atoms with Gasteiger partial charge in [-0.15, -0.1) is 0 Å². The minimum Gasteiger partial charge on any atom is -0.208 e. The SMILES string of the molecule is c1ccc(-c2nc(-c3ccccc3)nc(-c3cccc(-c4cccc(-c5cc(C6CCCCC6)cc(C6CCCCC6)c5)c4)c3)n2)cc1. The summed E-state index contributed by atoms with van der Waals surface area (Å²) >= 11 is 0. The molecule has 0 unspecified atom stereocenters. The molecule has 1 heterocycles. The Hall–Kier alpha value is -4.89. The van der Waals surface area contributed by atoms with Crippen molar-refractivity contribution in [2.45, 2.75) is 76.0 Å². The van der Waals surface area contributed by atoms with Crippen LogP contribution in [0.4, 0.5) is 0 Å². The summed E-state index contributed by atoms with van der Waals surface area (Å²) in [6, 6.07) is 45.7. The normalized spacial score (nSPS) is 15.8. The first kappa shape index (κ1) is 30.4. The Labute approximate surface area is 285 Å². The van der Waals surface area contributed by atoms with Crippen LogP contribution in [0, 0.1) is 0 Å². The van der Waals surface area contributed by atoms with Gasteiger partial charge in [0.2, 0.25) is 0 Å². The summed E-state index contributed by atoms with van der Waals surface area (Å²) in [6.07, 6.45) is 13.5. The molecule has 238 valence electrons. The van der Waals surface area contributed by atoms with Gasteiger partial charge in [0.05, 0.1) is 0 Å². The molecule has 3 nitrogen and oxygen atoms in total. The van der Waals surface area contributed by atoms with E-state index in [1.807, 2.05) is 36.4 Å². The molecule has 0 N–H and O–H groups in total. The second-order valence-electron chi connectivity index (χ2n) is 13.8. The summed E-state index contributed by atoms with van der Waals surface area (Å²) in [5, 5.41) is 0. The Kier molecular flexibility index (Phi) is 8.93. The predicted molar refractivity (Wildman–Crippen MR) is 199 cm³/mol. The van der Waals surface area contributed by atoms with E-state index in [1.54, 1.807) is 11.1 Å². The van der Waals surface area contributed by atoms with Crippen LogP contribution in [0.1, 0.15) is 87.2 Å². The lowest BCUT2D eigenvalue weighted by atomic mass is 9.78. The molecule has 3 heteroatoms. The molecule has 6 aromatic rings. The highest BCUT2D eigenvalue weighted by molar-refractivity contribution is 5.77. The molecule has 0 aliphatic heterocycles. The summed E-state index contributed by atoms with van der Waals surface area (Å²) in [7, 11) is 0. The smallest absolute Gasteiger partial charge is 0.164 e. The van der Waals surface area contributed by atoms with E-state index in [9.17, 15) is 0 Å². The first-order chi connectivity index (χ1) is 23.8. The maximum absolute atomic E-state index is 4.99. The van der Waals surface area contributed by atoms with Crippen molar-refractivity contribution in [2.75, 3.05) is 0 Å². The van der Waals surface area contributed by atoms with Crippen LogP contribution in [0.25, 0.3) is 56.4 Å². The zero-order chi connectivity index (χ0) is 32.1. The second-order valence-corrected chi connectivity index (χ2v) is 13.8. The van der Waals surface area contributed by atoms with Crippen molar-refractivity contribution in [2.24, 2.45) is 0 Å². The second kappa shape index (κ2) is 14.1. The molecule has 0 amide bonds. The summed E-state index contributed by atoms with van der Waals surface area (Å²) < 4.78 is 0. The molecule has 0 bridgehead atoms. The maximum atomic E-state index is 4.99. The lowest BCUT2D eigenvalue weighted by Crippen LogP contribution is -2.08. The van der Waals surface area contributed by atoms with E-state index in [0.717, 1.165) is 22.3 Å². The fraction of sp³-hybridized carbons (Fsp3) is 0.267. The summed E-state index contributed by atoms with van der Waals surface area (Å²) in [5.41, 5.74) is 11.1. The van der Waals surface area contributed by atoms with Crippen molar-refractivity contribution in [1.82, 2.24) is 15.0 Å².